The van der Waals surface area contributed by atoms with E-state index >= 15 is 0 Å². The first kappa shape index (κ1) is 19.8. The van der Waals surface area contributed by atoms with Crippen LogP contribution in [0.25, 0.3) is 10.6 Å². The van der Waals surface area contributed by atoms with E-state index in [1.165, 1.54) is 4.68 Å². The Morgan fingerprint density at radius 1 is 1.27 bits per heavy atom. The van der Waals surface area contributed by atoms with Crippen LogP contribution >= 0.6 is 11.3 Å². The number of aliphatic carboxylic acids is 1. The summed E-state index contributed by atoms with van der Waals surface area (Å²) in [6.45, 7) is 7.10. The van der Waals surface area contributed by atoms with Gasteiger partial charge in [-0.2, -0.15) is 5.10 Å². The van der Waals surface area contributed by atoms with Crippen LogP contribution in [0.5, 0.6) is 0 Å². The molecule has 0 radical (unpaired) electrons. The molecule has 0 bridgehead atoms. The van der Waals surface area contributed by atoms with Crippen molar-refractivity contribution in [3.8, 4) is 10.6 Å². The monoisotopic (exact) mass is 378 g/mol. The van der Waals surface area contributed by atoms with Crippen LogP contribution in [0.3, 0.4) is 0 Å². The van der Waals surface area contributed by atoms with Crippen molar-refractivity contribution in [2.45, 2.75) is 46.6 Å². The number of hydrogen-bond acceptors (Lipinski definition) is 6. The number of carbonyl (C=O) groups excluding carboxylic acids is 1. The first-order valence-corrected chi connectivity index (χ1v) is 9.05. The van der Waals surface area contributed by atoms with E-state index in [0.717, 1.165) is 11.3 Å². The molecule has 0 aromatic carbocycles. The molecule has 2 aromatic rings. The van der Waals surface area contributed by atoms with Gasteiger partial charge in [0.1, 0.15) is 15.9 Å². The van der Waals surface area contributed by atoms with E-state index in [1.807, 2.05) is 6.92 Å². The molecule has 2 heterocycles. The van der Waals surface area contributed by atoms with Crippen molar-refractivity contribution in [2.75, 3.05) is 0 Å². The van der Waals surface area contributed by atoms with Crippen molar-refractivity contribution in [3.05, 3.63) is 32.2 Å². The van der Waals surface area contributed by atoms with Crippen LogP contribution in [0.1, 0.15) is 46.4 Å². The Morgan fingerprint density at radius 2 is 1.92 bits per heavy atom. The average Bonchev–Trinajstić information content (AvgIpc) is 2.94. The van der Waals surface area contributed by atoms with Gasteiger partial charge in [0.05, 0.1) is 17.0 Å². The van der Waals surface area contributed by atoms with Crippen LogP contribution in [0, 0.1) is 20.8 Å². The summed E-state index contributed by atoms with van der Waals surface area (Å²) in [4.78, 5) is 40.9. The molecule has 0 saturated carbocycles. The summed E-state index contributed by atoms with van der Waals surface area (Å²) >= 11 is 1.08. The van der Waals surface area contributed by atoms with Crippen LogP contribution in [-0.4, -0.2) is 37.8 Å². The van der Waals surface area contributed by atoms with E-state index in [0.29, 0.717) is 45.2 Å². The summed E-state index contributed by atoms with van der Waals surface area (Å²) in [6.07, 6.45) is 0.977. The molecule has 2 N–H and O–H groups in total. The molecule has 8 nitrogen and oxygen atoms in total. The fourth-order valence-corrected chi connectivity index (χ4v) is 3.65. The maximum atomic E-state index is 12.5. The molecule has 1 amide bonds. The second kappa shape index (κ2) is 7.77. The van der Waals surface area contributed by atoms with Crippen molar-refractivity contribution in [1.29, 1.82) is 0 Å². The van der Waals surface area contributed by atoms with Crippen LogP contribution in [-0.2, 0) is 11.8 Å². The van der Waals surface area contributed by atoms with Crippen molar-refractivity contribution in [3.63, 3.8) is 0 Å². The smallest absolute Gasteiger partial charge is 0.326 e. The lowest BCUT2D eigenvalue weighted by atomic mass is 10.1. The zero-order valence-electron chi connectivity index (χ0n) is 15.4. The number of nitrogens with zero attached hydrogens (tertiary/aromatic N) is 3. The molecule has 2 aromatic heterocycles. The molecule has 1 atom stereocenters. The quantitative estimate of drug-likeness (QED) is 0.792. The molecule has 9 heteroatoms. The number of thiazole rings is 1. The van der Waals surface area contributed by atoms with Crippen molar-refractivity contribution >= 4 is 23.2 Å². The summed E-state index contributed by atoms with van der Waals surface area (Å²) in [5.74, 6) is -1.57. The standard InChI is InChI=1S/C17H22N4O4S/c1-6-7-11(17(24)25)19-14(22)13-10(4)18-15(26-13)12-8(2)9(3)20-21(5)16(12)23/h11H,6-7H2,1-5H3,(H,19,22)(H,24,25). The molecule has 26 heavy (non-hydrogen) atoms. The van der Waals surface area contributed by atoms with Crippen molar-refractivity contribution in [1.82, 2.24) is 20.1 Å². The number of carboxylic acids is 1. The highest BCUT2D eigenvalue weighted by Crippen LogP contribution is 2.28. The third-order valence-electron chi connectivity index (χ3n) is 4.12. The number of rotatable bonds is 6. The minimum Gasteiger partial charge on any atom is -0.480 e. The molecule has 0 fully saturated rings. The van der Waals surface area contributed by atoms with Gasteiger partial charge in [-0.05, 0) is 32.8 Å². The number of amides is 1. The number of nitrogens with one attached hydrogen (secondary N) is 1. The molecule has 140 valence electrons. The lowest BCUT2D eigenvalue weighted by molar-refractivity contribution is -0.139. The van der Waals surface area contributed by atoms with Gasteiger partial charge in [0.2, 0.25) is 0 Å². The summed E-state index contributed by atoms with van der Waals surface area (Å²) < 4.78 is 1.25. The van der Waals surface area contributed by atoms with Gasteiger partial charge in [-0.15, -0.1) is 11.3 Å². The molecular formula is C17H22N4O4S. The molecule has 0 aliphatic rings. The van der Waals surface area contributed by atoms with Gasteiger partial charge in [-0.25, -0.2) is 14.5 Å². The fourth-order valence-electron chi connectivity index (χ4n) is 2.58. The lowest BCUT2D eigenvalue weighted by Gasteiger charge is -2.12. The van der Waals surface area contributed by atoms with E-state index in [1.54, 1.807) is 27.8 Å². The van der Waals surface area contributed by atoms with E-state index < -0.39 is 17.9 Å². The zero-order chi connectivity index (χ0) is 19.6. The number of carbonyl (C=O) groups is 2. The molecule has 1 unspecified atom stereocenters. The average molecular weight is 378 g/mol. The minimum atomic E-state index is -1.07. The zero-order valence-corrected chi connectivity index (χ0v) is 16.2. The third-order valence-corrected chi connectivity index (χ3v) is 5.30. The van der Waals surface area contributed by atoms with Crippen LogP contribution < -0.4 is 10.9 Å². The summed E-state index contributed by atoms with van der Waals surface area (Å²) in [7, 11) is 1.56. The van der Waals surface area contributed by atoms with E-state index in [4.69, 9.17) is 0 Å². The molecule has 0 spiro atoms. The third kappa shape index (κ3) is 3.82. The SMILES string of the molecule is CCCC(NC(=O)c1sc(-c2c(C)c(C)nn(C)c2=O)nc1C)C(=O)O. The Labute approximate surface area is 154 Å². The molecular weight excluding hydrogens is 356 g/mol. The Hall–Kier alpha value is -2.55. The van der Waals surface area contributed by atoms with Gasteiger partial charge >= 0.3 is 5.97 Å². The highest BCUT2D eigenvalue weighted by atomic mass is 32.1. The normalized spacial score (nSPS) is 12.0. The first-order valence-electron chi connectivity index (χ1n) is 8.23. The predicted octanol–water partition coefficient (Wildman–Crippen LogP) is 1.81. The maximum Gasteiger partial charge on any atom is 0.326 e. The second-order valence-electron chi connectivity index (χ2n) is 6.10. The largest absolute Gasteiger partial charge is 0.480 e. The minimum absolute atomic E-state index is 0.289. The van der Waals surface area contributed by atoms with Gasteiger partial charge in [0.15, 0.2) is 0 Å². The maximum absolute atomic E-state index is 12.5. The lowest BCUT2D eigenvalue weighted by Crippen LogP contribution is -2.40. The Morgan fingerprint density at radius 3 is 2.50 bits per heavy atom. The summed E-state index contributed by atoms with van der Waals surface area (Å²) in [5, 5.41) is 16.3. The van der Waals surface area contributed by atoms with E-state index in [2.05, 4.69) is 15.4 Å². The second-order valence-corrected chi connectivity index (χ2v) is 7.10. The summed E-state index contributed by atoms with van der Waals surface area (Å²) in [5.41, 5.74) is 2.00. The van der Waals surface area contributed by atoms with Crippen molar-refractivity contribution in [2.24, 2.45) is 7.05 Å². The number of carboxylic acid groups (broad SMARTS) is 1. The van der Waals surface area contributed by atoms with Gasteiger partial charge < -0.3 is 10.4 Å². The highest BCUT2D eigenvalue weighted by molar-refractivity contribution is 7.17. The van der Waals surface area contributed by atoms with Gasteiger partial charge in [-0.1, -0.05) is 13.3 Å². The van der Waals surface area contributed by atoms with E-state index in [9.17, 15) is 19.5 Å². The Kier molecular flexibility index (Phi) is 5.91. The molecule has 0 aliphatic heterocycles. The molecule has 0 saturated heterocycles. The fraction of sp³-hybridized carbons (Fsp3) is 0.471. The molecule has 2 rings (SSSR count). The van der Waals surface area contributed by atoms with Crippen LogP contribution in [0.2, 0.25) is 0 Å². The summed E-state index contributed by atoms with van der Waals surface area (Å²) in [6, 6.07) is -0.949. The number of aromatic nitrogens is 3. The number of aryl methyl sites for hydroxylation is 3. The number of hydrogen-bond donors (Lipinski definition) is 2. The topological polar surface area (TPSA) is 114 Å². The van der Waals surface area contributed by atoms with Gasteiger partial charge in [-0.3, -0.25) is 9.59 Å². The van der Waals surface area contributed by atoms with Crippen LogP contribution in [0.15, 0.2) is 4.79 Å². The van der Waals surface area contributed by atoms with Crippen LogP contribution in [0.4, 0.5) is 0 Å². The van der Waals surface area contributed by atoms with Crippen molar-refractivity contribution < 1.29 is 14.7 Å². The predicted molar refractivity (Wildman–Crippen MR) is 98.6 cm³/mol. The molecule has 0 aliphatic carbocycles. The van der Waals surface area contributed by atoms with Gasteiger partial charge in [0, 0.05) is 7.05 Å². The van der Waals surface area contributed by atoms with E-state index in [-0.39, 0.29) is 5.56 Å². The Balaban J connectivity index is 2.43. The van der Waals surface area contributed by atoms with Gasteiger partial charge in [0.25, 0.3) is 11.5 Å². The first-order chi connectivity index (χ1) is 12.2. The Bertz CT molecular complexity index is 916. The highest BCUT2D eigenvalue weighted by Gasteiger charge is 2.24.